The van der Waals surface area contributed by atoms with Crippen LogP contribution < -0.4 is 11.1 Å². The van der Waals surface area contributed by atoms with Crippen molar-refractivity contribution in [1.29, 1.82) is 0 Å². The molecule has 0 aliphatic heterocycles. The van der Waals surface area contributed by atoms with Crippen LogP contribution in [0, 0.1) is 10.1 Å². The molecule has 22 heavy (non-hydrogen) atoms. The molecule has 0 radical (unpaired) electrons. The van der Waals surface area contributed by atoms with Gasteiger partial charge in [-0.2, -0.15) is 0 Å². The van der Waals surface area contributed by atoms with Crippen LogP contribution in [-0.4, -0.2) is 23.2 Å². The number of nitro groups is 1. The highest BCUT2D eigenvalue weighted by Crippen LogP contribution is 2.23. The lowest BCUT2D eigenvalue weighted by atomic mass is 10.1. The molecule has 112 valence electrons. The van der Waals surface area contributed by atoms with Crippen LogP contribution in [0.1, 0.15) is 20.7 Å². The fraction of sp³-hybridized carbons (Fsp3) is 0.0667. The van der Waals surface area contributed by atoms with Crippen LogP contribution >= 0.6 is 0 Å². The summed E-state index contributed by atoms with van der Waals surface area (Å²) < 4.78 is 0. The first-order chi connectivity index (χ1) is 10.5. The van der Waals surface area contributed by atoms with E-state index in [2.05, 4.69) is 5.32 Å². The predicted molar refractivity (Wildman–Crippen MR) is 80.9 cm³/mol. The molecule has 2 aromatic rings. The van der Waals surface area contributed by atoms with Crippen molar-refractivity contribution in [2.45, 2.75) is 0 Å². The number of nitrogens with two attached hydrogens (primary N) is 1. The molecular formula is C15H13N3O4. The summed E-state index contributed by atoms with van der Waals surface area (Å²) in [5, 5.41) is 13.4. The molecule has 2 rings (SSSR count). The third-order valence-electron chi connectivity index (χ3n) is 3.00. The molecule has 7 heteroatoms. The molecule has 0 fully saturated rings. The molecule has 0 saturated carbocycles. The van der Waals surface area contributed by atoms with E-state index in [0.717, 1.165) is 0 Å². The minimum Gasteiger partial charge on any atom is -0.324 e. The van der Waals surface area contributed by atoms with Crippen LogP contribution in [0.2, 0.25) is 0 Å². The Labute approximate surface area is 125 Å². The Morgan fingerprint density at radius 2 is 1.64 bits per heavy atom. The molecule has 1 amide bonds. The first-order valence-corrected chi connectivity index (χ1v) is 6.41. The van der Waals surface area contributed by atoms with Crippen LogP contribution in [-0.2, 0) is 0 Å². The Kier molecular flexibility index (Phi) is 4.60. The third kappa shape index (κ3) is 3.33. The number of amides is 1. The Bertz CT molecular complexity index is 726. The van der Waals surface area contributed by atoms with Crippen LogP contribution in [0.15, 0.2) is 48.5 Å². The molecule has 0 aromatic heterocycles. The summed E-state index contributed by atoms with van der Waals surface area (Å²) in [6, 6.07) is 11.8. The van der Waals surface area contributed by atoms with E-state index in [-0.39, 0.29) is 29.3 Å². The Balaban J connectivity index is 2.19. The molecule has 0 unspecified atom stereocenters. The quantitative estimate of drug-likeness (QED) is 0.497. The van der Waals surface area contributed by atoms with Gasteiger partial charge in [0.15, 0.2) is 5.78 Å². The lowest BCUT2D eigenvalue weighted by molar-refractivity contribution is -0.383. The van der Waals surface area contributed by atoms with Gasteiger partial charge in [0.2, 0.25) is 0 Å². The average Bonchev–Trinajstić information content (AvgIpc) is 2.54. The number of carbonyl (C=O) groups excluding carboxylic acids is 2. The Hall–Kier alpha value is -3.06. The van der Waals surface area contributed by atoms with E-state index in [1.807, 2.05) is 0 Å². The van der Waals surface area contributed by atoms with Gasteiger partial charge < -0.3 is 11.1 Å². The van der Waals surface area contributed by atoms with E-state index in [9.17, 15) is 19.7 Å². The maximum atomic E-state index is 12.1. The minimum absolute atomic E-state index is 0.109. The smallest absolute Gasteiger partial charge is 0.292 e. The molecule has 0 heterocycles. The molecule has 0 bridgehead atoms. The number of rotatable bonds is 5. The third-order valence-corrected chi connectivity index (χ3v) is 3.00. The van der Waals surface area contributed by atoms with Gasteiger partial charge in [-0.3, -0.25) is 19.7 Å². The van der Waals surface area contributed by atoms with Crippen molar-refractivity contribution >= 4 is 23.1 Å². The summed E-state index contributed by atoms with van der Waals surface area (Å²) in [5.41, 5.74) is 5.87. The van der Waals surface area contributed by atoms with Gasteiger partial charge in [0, 0.05) is 17.2 Å². The van der Waals surface area contributed by atoms with E-state index in [1.54, 1.807) is 6.07 Å². The number of nitrogens with one attached hydrogen (secondary N) is 1. The minimum atomic E-state index is -0.571. The number of carbonyl (C=O) groups is 2. The predicted octanol–water partition coefficient (Wildman–Crippen LogP) is 1.99. The molecule has 0 spiro atoms. The summed E-state index contributed by atoms with van der Waals surface area (Å²) in [6.45, 7) is -0.109. The molecule has 3 N–H and O–H groups in total. The second-order valence-corrected chi connectivity index (χ2v) is 4.43. The standard InChI is InChI=1S/C15H13N3O4/c16-9-14(19)10-5-7-11(8-6-10)15(20)17-12-3-1-2-4-13(12)18(21)22/h1-8H,9,16H2,(H,17,20). The zero-order valence-corrected chi connectivity index (χ0v) is 11.5. The van der Waals surface area contributed by atoms with Gasteiger partial charge in [0.25, 0.3) is 11.6 Å². The van der Waals surface area contributed by atoms with Crippen molar-refractivity contribution in [2.24, 2.45) is 5.73 Å². The molecule has 0 aliphatic carbocycles. The highest BCUT2D eigenvalue weighted by Gasteiger charge is 2.15. The van der Waals surface area contributed by atoms with E-state index in [4.69, 9.17) is 5.73 Å². The van der Waals surface area contributed by atoms with E-state index in [1.165, 1.54) is 42.5 Å². The SMILES string of the molecule is NCC(=O)c1ccc(C(=O)Nc2ccccc2[N+](=O)[O-])cc1. The zero-order valence-electron chi connectivity index (χ0n) is 11.5. The number of benzene rings is 2. The van der Waals surface area contributed by atoms with Crippen LogP contribution in [0.25, 0.3) is 0 Å². The maximum Gasteiger partial charge on any atom is 0.292 e. The van der Waals surface area contributed by atoms with Gasteiger partial charge in [0.1, 0.15) is 5.69 Å². The Morgan fingerprint density at radius 3 is 2.23 bits per heavy atom. The molecule has 7 nitrogen and oxygen atoms in total. The number of anilines is 1. The van der Waals surface area contributed by atoms with Crippen molar-refractivity contribution in [3.05, 3.63) is 69.8 Å². The summed E-state index contributed by atoms with van der Waals surface area (Å²) in [4.78, 5) is 33.8. The van der Waals surface area contributed by atoms with Gasteiger partial charge in [-0.1, -0.05) is 24.3 Å². The van der Waals surface area contributed by atoms with E-state index < -0.39 is 10.8 Å². The average molecular weight is 299 g/mol. The maximum absolute atomic E-state index is 12.1. The van der Waals surface area contributed by atoms with Crippen LogP contribution in [0.4, 0.5) is 11.4 Å². The van der Waals surface area contributed by atoms with Crippen LogP contribution in [0.3, 0.4) is 0 Å². The molecule has 2 aromatic carbocycles. The normalized spacial score (nSPS) is 10.0. The fourth-order valence-electron chi connectivity index (χ4n) is 1.86. The summed E-state index contributed by atoms with van der Waals surface area (Å²) in [7, 11) is 0. The van der Waals surface area contributed by atoms with Crippen molar-refractivity contribution in [3.63, 3.8) is 0 Å². The van der Waals surface area contributed by atoms with E-state index >= 15 is 0 Å². The molecule has 0 atom stereocenters. The highest BCUT2D eigenvalue weighted by molar-refractivity contribution is 6.06. The number of hydrogen-bond acceptors (Lipinski definition) is 5. The molecule has 0 saturated heterocycles. The number of ketones is 1. The number of nitro benzene ring substituents is 1. The lowest BCUT2D eigenvalue weighted by Gasteiger charge is -2.06. The summed E-state index contributed by atoms with van der Waals surface area (Å²) >= 11 is 0. The summed E-state index contributed by atoms with van der Waals surface area (Å²) in [6.07, 6.45) is 0. The van der Waals surface area contributed by atoms with Gasteiger partial charge in [-0.05, 0) is 18.2 Å². The van der Waals surface area contributed by atoms with Gasteiger partial charge in [0.05, 0.1) is 11.5 Å². The lowest BCUT2D eigenvalue weighted by Crippen LogP contribution is -2.15. The van der Waals surface area contributed by atoms with Crippen LogP contribution in [0.5, 0.6) is 0 Å². The van der Waals surface area contributed by atoms with Crippen molar-refractivity contribution in [3.8, 4) is 0 Å². The largest absolute Gasteiger partial charge is 0.324 e. The molecular weight excluding hydrogens is 286 g/mol. The number of Topliss-reactive ketones (excluding diaryl/α,β-unsaturated/α-hetero) is 1. The topological polar surface area (TPSA) is 115 Å². The first kappa shape index (κ1) is 15.3. The van der Waals surface area contributed by atoms with Gasteiger partial charge in [-0.15, -0.1) is 0 Å². The number of hydrogen-bond donors (Lipinski definition) is 2. The highest BCUT2D eigenvalue weighted by atomic mass is 16.6. The van der Waals surface area contributed by atoms with Crippen molar-refractivity contribution in [1.82, 2.24) is 0 Å². The number of nitrogens with zero attached hydrogens (tertiary/aromatic N) is 1. The van der Waals surface area contributed by atoms with Crippen molar-refractivity contribution < 1.29 is 14.5 Å². The Morgan fingerprint density at radius 1 is 1.05 bits per heavy atom. The first-order valence-electron chi connectivity index (χ1n) is 6.41. The van der Waals surface area contributed by atoms with Crippen molar-refractivity contribution in [2.75, 3.05) is 11.9 Å². The number of para-hydroxylation sites is 2. The second-order valence-electron chi connectivity index (χ2n) is 4.43. The monoisotopic (exact) mass is 299 g/mol. The summed E-state index contributed by atoms with van der Waals surface area (Å²) in [5.74, 6) is -0.730. The zero-order chi connectivity index (χ0) is 16.1. The molecule has 0 aliphatic rings. The second kappa shape index (κ2) is 6.59. The van der Waals surface area contributed by atoms with E-state index in [0.29, 0.717) is 5.56 Å². The van der Waals surface area contributed by atoms with Gasteiger partial charge >= 0.3 is 0 Å². The fourth-order valence-corrected chi connectivity index (χ4v) is 1.86. The van der Waals surface area contributed by atoms with Gasteiger partial charge in [-0.25, -0.2) is 0 Å².